The molecule has 3 atom stereocenters. The lowest BCUT2D eigenvalue weighted by Crippen LogP contribution is -2.38. The molecule has 2 amide bonds. The highest BCUT2D eigenvalue weighted by Crippen LogP contribution is 2.57. The van der Waals surface area contributed by atoms with Crippen molar-refractivity contribution in [2.75, 3.05) is 4.90 Å². The molecule has 26 heavy (non-hydrogen) atoms. The number of carbonyl (C=O) groups excluding carboxylic acids is 2. The van der Waals surface area contributed by atoms with Crippen LogP contribution in [0.4, 0.5) is 5.69 Å². The van der Waals surface area contributed by atoms with Crippen molar-refractivity contribution in [3.8, 4) is 0 Å². The van der Waals surface area contributed by atoms with Crippen molar-refractivity contribution in [1.29, 1.82) is 0 Å². The quantitative estimate of drug-likeness (QED) is 0.553. The lowest BCUT2D eigenvalue weighted by molar-refractivity contribution is -0.126. The van der Waals surface area contributed by atoms with Crippen molar-refractivity contribution >= 4 is 17.5 Å². The van der Waals surface area contributed by atoms with Crippen LogP contribution < -0.4 is 4.90 Å². The van der Waals surface area contributed by atoms with Gasteiger partial charge in [-0.3, -0.25) is 9.59 Å². The number of benzene rings is 1. The van der Waals surface area contributed by atoms with Gasteiger partial charge >= 0.3 is 0 Å². The third kappa shape index (κ3) is 2.48. The van der Waals surface area contributed by atoms with Gasteiger partial charge in [-0.05, 0) is 58.1 Å². The van der Waals surface area contributed by atoms with Gasteiger partial charge in [0.15, 0.2) is 0 Å². The van der Waals surface area contributed by atoms with Crippen LogP contribution in [0.25, 0.3) is 0 Å². The summed E-state index contributed by atoms with van der Waals surface area (Å²) in [5.74, 6) is 0.0968. The molecule has 1 aromatic rings. The molecule has 138 valence electrons. The van der Waals surface area contributed by atoms with E-state index in [1.165, 1.54) is 16.0 Å². The molecule has 0 radical (unpaired) electrons. The van der Waals surface area contributed by atoms with E-state index in [2.05, 4.69) is 27.4 Å². The zero-order valence-electron chi connectivity index (χ0n) is 16.8. The second kappa shape index (κ2) is 6.22. The molecule has 1 heterocycles. The molecule has 3 rings (SSSR count). The molecule has 1 aromatic carbocycles. The summed E-state index contributed by atoms with van der Waals surface area (Å²) in [7, 11) is 0. The van der Waals surface area contributed by atoms with E-state index in [1.54, 1.807) is 0 Å². The average Bonchev–Trinajstić information content (AvgIpc) is 2.94. The third-order valence-corrected chi connectivity index (χ3v) is 6.15. The summed E-state index contributed by atoms with van der Waals surface area (Å²) < 4.78 is 0. The summed E-state index contributed by atoms with van der Waals surface area (Å²) in [5, 5.41) is 0. The minimum Gasteiger partial charge on any atom is -0.274 e. The fourth-order valence-corrected chi connectivity index (χ4v) is 5.46. The third-order valence-electron chi connectivity index (χ3n) is 6.15. The zero-order chi connectivity index (χ0) is 19.4. The van der Waals surface area contributed by atoms with Gasteiger partial charge in [-0.2, -0.15) is 0 Å². The van der Waals surface area contributed by atoms with E-state index in [4.69, 9.17) is 0 Å². The molecule has 3 unspecified atom stereocenters. The number of hydrogen-bond acceptors (Lipinski definition) is 2. The average molecular weight is 351 g/mol. The second-order valence-corrected chi connectivity index (χ2v) is 8.39. The SMILES string of the molecule is C=CC1C(=C(C)C)C(C)CC12CC(=O)N(c1c(C)cc(C)cc1C)C2=O. The van der Waals surface area contributed by atoms with Crippen LogP contribution in [0, 0.1) is 38.0 Å². The molecule has 3 nitrogen and oxygen atoms in total. The minimum absolute atomic E-state index is 0.0504. The number of anilines is 1. The van der Waals surface area contributed by atoms with Crippen LogP contribution in [0.5, 0.6) is 0 Å². The molecule has 3 heteroatoms. The number of allylic oxidation sites excluding steroid dienone is 3. The maximum Gasteiger partial charge on any atom is 0.241 e. The van der Waals surface area contributed by atoms with Crippen LogP contribution in [0.1, 0.15) is 50.3 Å². The highest BCUT2D eigenvalue weighted by molar-refractivity contribution is 6.23. The number of carbonyl (C=O) groups is 2. The summed E-state index contributed by atoms with van der Waals surface area (Å²) in [5.41, 5.74) is 5.71. The lowest BCUT2D eigenvalue weighted by atomic mass is 9.75. The Morgan fingerprint density at radius 2 is 1.77 bits per heavy atom. The predicted molar refractivity (Wildman–Crippen MR) is 106 cm³/mol. The van der Waals surface area contributed by atoms with E-state index in [1.807, 2.05) is 39.0 Å². The van der Waals surface area contributed by atoms with E-state index in [9.17, 15) is 9.59 Å². The Balaban J connectivity index is 2.14. The molecule has 0 N–H and O–H groups in total. The normalized spacial score (nSPS) is 28.4. The Morgan fingerprint density at radius 1 is 1.19 bits per heavy atom. The van der Waals surface area contributed by atoms with Gasteiger partial charge in [0, 0.05) is 12.3 Å². The van der Waals surface area contributed by atoms with Crippen LogP contribution in [-0.2, 0) is 9.59 Å². The summed E-state index contributed by atoms with van der Waals surface area (Å²) >= 11 is 0. The van der Waals surface area contributed by atoms with Crippen LogP contribution >= 0.6 is 0 Å². The molecule has 2 aliphatic rings. The summed E-state index contributed by atoms with van der Waals surface area (Å²) in [6.07, 6.45) is 2.88. The number of imide groups is 1. The number of aryl methyl sites for hydroxylation is 3. The molecule has 0 aromatic heterocycles. The Bertz CT molecular complexity index is 821. The van der Waals surface area contributed by atoms with Gasteiger partial charge < -0.3 is 0 Å². The van der Waals surface area contributed by atoms with Crippen molar-refractivity contribution in [3.05, 3.63) is 52.6 Å². The fourth-order valence-electron chi connectivity index (χ4n) is 5.46. The maximum atomic E-state index is 13.6. The maximum absolute atomic E-state index is 13.6. The molecule has 1 aliphatic heterocycles. The largest absolute Gasteiger partial charge is 0.274 e. The molecule has 1 saturated carbocycles. The Hall–Kier alpha value is -2.16. The van der Waals surface area contributed by atoms with Gasteiger partial charge in [0.2, 0.25) is 11.8 Å². The number of amides is 2. The zero-order valence-corrected chi connectivity index (χ0v) is 16.8. The van der Waals surface area contributed by atoms with Crippen LogP contribution in [-0.4, -0.2) is 11.8 Å². The Kier molecular flexibility index (Phi) is 4.46. The van der Waals surface area contributed by atoms with Crippen molar-refractivity contribution in [2.24, 2.45) is 17.3 Å². The molecule has 2 fully saturated rings. The van der Waals surface area contributed by atoms with Crippen molar-refractivity contribution in [3.63, 3.8) is 0 Å². The van der Waals surface area contributed by atoms with Gasteiger partial charge in [-0.1, -0.05) is 41.8 Å². The smallest absolute Gasteiger partial charge is 0.241 e. The summed E-state index contributed by atoms with van der Waals surface area (Å²) in [6, 6.07) is 4.08. The van der Waals surface area contributed by atoms with Crippen molar-refractivity contribution in [2.45, 2.75) is 54.4 Å². The van der Waals surface area contributed by atoms with Crippen LogP contribution in [0.2, 0.25) is 0 Å². The van der Waals surface area contributed by atoms with Crippen molar-refractivity contribution < 1.29 is 9.59 Å². The molecular weight excluding hydrogens is 322 g/mol. The minimum atomic E-state index is -0.672. The standard InChI is InChI=1S/C23H29NO2/c1-8-18-20(13(2)3)17(7)11-23(18)12-19(25)24(22(23)26)21-15(5)9-14(4)10-16(21)6/h8-10,17-18H,1,11-12H2,2-7H3. The fraction of sp³-hybridized carbons (Fsp3) is 0.478. The second-order valence-electron chi connectivity index (χ2n) is 8.39. The van der Waals surface area contributed by atoms with E-state index in [0.717, 1.165) is 28.8 Å². The first-order valence-corrected chi connectivity index (χ1v) is 9.39. The van der Waals surface area contributed by atoms with E-state index in [-0.39, 0.29) is 24.2 Å². The molecule has 1 spiro atoms. The molecule has 1 saturated heterocycles. The van der Waals surface area contributed by atoms with Gasteiger partial charge in [0.1, 0.15) is 0 Å². The molecular formula is C23H29NO2. The number of rotatable bonds is 2. The number of nitrogens with zero attached hydrogens (tertiary/aromatic N) is 1. The first-order valence-electron chi connectivity index (χ1n) is 9.39. The van der Waals surface area contributed by atoms with Gasteiger partial charge in [-0.25, -0.2) is 4.90 Å². The molecule has 1 aliphatic carbocycles. The highest BCUT2D eigenvalue weighted by Gasteiger charge is 2.61. The van der Waals surface area contributed by atoms with E-state index in [0.29, 0.717) is 5.92 Å². The lowest BCUT2D eigenvalue weighted by Gasteiger charge is -2.28. The van der Waals surface area contributed by atoms with E-state index < -0.39 is 5.41 Å². The summed E-state index contributed by atoms with van der Waals surface area (Å²) in [6.45, 7) is 16.4. The topological polar surface area (TPSA) is 37.4 Å². The van der Waals surface area contributed by atoms with Gasteiger partial charge in [0.05, 0.1) is 11.1 Å². The van der Waals surface area contributed by atoms with Gasteiger partial charge in [0.25, 0.3) is 0 Å². The Morgan fingerprint density at radius 3 is 2.27 bits per heavy atom. The van der Waals surface area contributed by atoms with Gasteiger partial charge in [-0.15, -0.1) is 6.58 Å². The molecule has 0 bridgehead atoms. The first-order chi connectivity index (χ1) is 12.1. The first kappa shape index (κ1) is 18.6. The number of hydrogen-bond donors (Lipinski definition) is 0. The predicted octanol–water partition coefficient (Wildman–Crippen LogP) is 5.04. The summed E-state index contributed by atoms with van der Waals surface area (Å²) in [4.78, 5) is 28.1. The van der Waals surface area contributed by atoms with E-state index >= 15 is 0 Å². The van der Waals surface area contributed by atoms with Crippen LogP contribution in [0.3, 0.4) is 0 Å². The highest BCUT2D eigenvalue weighted by atomic mass is 16.2. The monoisotopic (exact) mass is 351 g/mol. The van der Waals surface area contributed by atoms with Crippen molar-refractivity contribution in [1.82, 2.24) is 0 Å². The van der Waals surface area contributed by atoms with Crippen LogP contribution in [0.15, 0.2) is 35.9 Å². The Labute approximate surface area is 156 Å².